The predicted molar refractivity (Wildman–Crippen MR) is 102 cm³/mol. The fraction of sp³-hybridized carbons (Fsp3) is 0.0476. The Morgan fingerprint density at radius 3 is 2.39 bits per heavy atom. The van der Waals surface area contributed by atoms with E-state index in [1.54, 1.807) is 37.3 Å². The number of aryl methyl sites for hydroxylation is 1. The molecule has 0 aliphatic heterocycles. The van der Waals surface area contributed by atoms with Gasteiger partial charge in [-0.25, -0.2) is 4.79 Å². The molecule has 2 aromatic carbocycles. The summed E-state index contributed by atoms with van der Waals surface area (Å²) in [6.07, 6.45) is 1.55. The number of carboxylic acids is 1. The highest BCUT2D eigenvalue weighted by atomic mass is 16.6. The zero-order valence-electron chi connectivity index (χ0n) is 14.7. The summed E-state index contributed by atoms with van der Waals surface area (Å²) in [5.41, 5.74) is 2.47. The molecule has 28 heavy (non-hydrogen) atoms. The summed E-state index contributed by atoms with van der Waals surface area (Å²) < 4.78 is 5.78. The van der Waals surface area contributed by atoms with E-state index in [1.807, 2.05) is 0 Å². The van der Waals surface area contributed by atoms with Gasteiger partial charge in [0.25, 0.3) is 5.69 Å². The SMILES string of the molecule is Cc1cc(C(=O)O)ccc1-c1ccc(/C=C(\C#N)c2ccc([N+](=O)[O-])cc2)o1. The lowest BCUT2D eigenvalue weighted by atomic mass is 10.0. The van der Waals surface area contributed by atoms with Crippen LogP contribution in [0.4, 0.5) is 5.69 Å². The van der Waals surface area contributed by atoms with Gasteiger partial charge in [-0.05, 0) is 60.5 Å². The summed E-state index contributed by atoms with van der Waals surface area (Å²) in [6, 6.07) is 15.9. The number of benzene rings is 2. The molecule has 0 atom stereocenters. The summed E-state index contributed by atoms with van der Waals surface area (Å²) in [6.45, 7) is 1.79. The number of aromatic carboxylic acids is 1. The summed E-state index contributed by atoms with van der Waals surface area (Å²) in [5, 5.41) is 29.2. The summed E-state index contributed by atoms with van der Waals surface area (Å²) in [7, 11) is 0. The molecule has 0 amide bonds. The van der Waals surface area contributed by atoms with E-state index in [-0.39, 0.29) is 11.3 Å². The highest BCUT2D eigenvalue weighted by Gasteiger charge is 2.12. The molecule has 0 unspecified atom stereocenters. The molecule has 7 heteroatoms. The van der Waals surface area contributed by atoms with Crippen LogP contribution < -0.4 is 0 Å². The summed E-state index contributed by atoms with van der Waals surface area (Å²) in [5.74, 6) is -0.0206. The van der Waals surface area contributed by atoms with Gasteiger partial charge in [-0.3, -0.25) is 10.1 Å². The molecule has 0 saturated carbocycles. The molecular formula is C21H14N2O5. The van der Waals surface area contributed by atoms with Gasteiger partial charge in [0.1, 0.15) is 11.5 Å². The third kappa shape index (κ3) is 3.81. The van der Waals surface area contributed by atoms with E-state index in [1.165, 1.54) is 30.3 Å². The van der Waals surface area contributed by atoms with Gasteiger partial charge >= 0.3 is 5.97 Å². The fourth-order valence-corrected chi connectivity index (χ4v) is 2.73. The average molecular weight is 374 g/mol. The van der Waals surface area contributed by atoms with Crippen molar-refractivity contribution >= 4 is 23.3 Å². The van der Waals surface area contributed by atoms with Gasteiger partial charge in [0.15, 0.2) is 0 Å². The molecule has 0 bridgehead atoms. The second-order valence-electron chi connectivity index (χ2n) is 6.01. The van der Waals surface area contributed by atoms with Crippen molar-refractivity contribution in [3.8, 4) is 17.4 Å². The van der Waals surface area contributed by atoms with E-state index in [4.69, 9.17) is 9.52 Å². The Morgan fingerprint density at radius 2 is 1.82 bits per heavy atom. The van der Waals surface area contributed by atoms with Gasteiger partial charge in [-0.2, -0.15) is 5.26 Å². The second kappa shape index (κ2) is 7.60. The van der Waals surface area contributed by atoms with Gasteiger partial charge in [0, 0.05) is 17.7 Å². The third-order valence-corrected chi connectivity index (χ3v) is 4.16. The zero-order chi connectivity index (χ0) is 20.3. The maximum absolute atomic E-state index is 11.1. The quantitative estimate of drug-likeness (QED) is 0.384. The van der Waals surface area contributed by atoms with E-state index < -0.39 is 10.9 Å². The van der Waals surface area contributed by atoms with Crippen LogP contribution in [0.3, 0.4) is 0 Å². The minimum absolute atomic E-state index is 0.0541. The van der Waals surface area contributed by atoms with Crippen LogP contribution in [0.25, 0.3) is 23.0 Å². The lowest BCUT2D eigenvalue weighted by molar-refractivity contribution is -0.384. The van der Waals surface area contributed by atoms with Crippen LogP contribution in [0, 0.1) is 28.4 Å². The Balaban J connectivity index is 1.91. The fourth-order valence-electron chi connectivity index (χ4n) is 2.73. The van der Waals surface area contributed by atoms with Crippen LogP contribution in [0.1, 0.15) is 27.2 Å². The minimum atomic E-state index is -1.00. The standard InChI is InChI=1S/C21H14N2O5/c1-13-10-15(21(24)25)4-8-19(13)20-9-7-18(28-20)11-16(12-22)14-2-5-17(6-3-14)23(26)27/h2-11H,1H3,(H,24,25)/b16-11+. The van der Waals surface area contributed by atoms with Crippen LogP contribution in [-0.2, 0) is 0 Å². The molecule has 1 heterocycles. The maximum atomic E-state index is 11.1. The molecular weight excluding hydrogens is 360 g/mol. The monoisotopic (exact) mass is 374 g/mol. The number of non-ortho nitro benzene ring substituents is 1. The molecule has 0 aliphatic carbocycles. The maximum Gasteiger partial charge on any atom is 0.335 e. The number of allylic oxidation sites excluding steroid dienone is 1. The molecule has 0 radical (unpaired) electrons. The first-order valence-corrected chi connectivity index (χ1v) is 8.20. The smallest absolute Gasteiger partial charge is 0.335 e. The molecule has 7 nitrogen and oxygen atoms in total. The van der Waals surface area contributed by atoms with Crippen molar-refractivity contribution in [3.63, 3.8) is 0 Å². The number of furan rings is 1. The van der Waals surface area contributed by atoms with Gasteiger partial charge in [-0.15, -0.1) is 0 Å². The second-order valence-corrected chi connectivity index (χ2v) is 6.01. The lowest BCUT2D eigenvalue weighted by Gasteiger charge is -2.04. The van der Waals surface area contributed by atoms with Gasteiger partial charge < -0.3 is 9.52 Å². The normalized spacial score (nSPS) is 11.1. The topological polar surface area (TPSA) is 117 Å². The molecule has 0 saturated heterocycles. The van der Waals surface area contributed by atoms with Crippen LogP contribution in [-0.4, -0.2) is 16.0 Å². The van der Waals surface area contributed by atoms with Crippen LogP contribution in [0.2, 0.25) is 0 Å². The number of hydrogen-bond donors (Lipinski definition) is 1. The number of nitro groups is 1. The highest BCUT2D eigenvalue weighted by molar-refractivity contribution is 5.90. The van der Waals surface area contributed by atoms with E-state index >= 15 is 0 Å². The summed E-state index contributed by atoms with van der Waals surface area (Å²) >= 11 is 0. The Morgan fingerprint density at radius 1 is 1.14 bits per heavy atom. The Labute approximate surface area is 159 Å². The van der Waals surface area contributed by atoms with Crippen molar-refractivity contribution in [2.24, 2.45) is 0 Å². The molecule has 0 fully saturated rings. The molecule has 0 spiro atoms. The molecule has 0 aliphatic rings. The lowest BCUT2D eigenvalue weighted by Crippen LogP contribution is -1.96. The van der Waals surface area contributed by atoms with Crippen molar-refractivity contribution in [1.29, 1.82) is 5.26 Å². The van der Waals surface area contributed by atoms with Crippen molar-refractivity contribution < 1.29 is 19.2 Å². The summed E-state index contributed by atoms with van der Waals surface area (Å²) in [4.78, 5) is 21.3. The first-order chi connectivity index (χ1) is 13.4. The first kappa shape index (κ1) is 18.6. The number of rotatable bonds is 5. The number of nitriles is 1. The molecule has 3 aromatic rings. The molecule has 1 aromatic heterocycles. The number of nitro benzene ring substituents is 1. The van der Waals surface area contributed by atoms with Gasteiger partial charge in [-0.1, -0.05) is 6.07 Å². The third-order valence-electron chi connectivity index (χ3n) is 4.16. The molecule has 138 valence electrons. The number of carboxylic acid groups (broad SMARTS) is 1. The van der Waals surface area contributed by atoms with Gasteiger partial charge in [0.2, 0.25) is 0 Å². The van der Waals surface area contributed by atoms with Crippen LogP contribution in [0.15, 0.2) is 59.0 Å². The average Bonchev–Trinajstić information content (AvgIpc) is 3.14. The number of nitrogens with zero attached hydrogens (tertiary/aromatic N) is 2. The van der Waals surface area contributed by atoms with Crippen molar-refractivity contribution in [1.82, 2.24) is 0 Å². The van der Waals surface area contributed by atoms with E-state index in [0.717, 1.165) is 11.1 Å². The zero-order valence-corrected chi connectivity index (χ0v) is 14.7. The van der Waals surface area contributed by atoms with Crippen LogP contribution >= 0.6 is 0 Å². The first-order valence-electron chi connectivity index (χ1n) is 8.20. The highest BCUT2D eigenvalue weighted by Crippen LogP contribution is 2.28. The van der Waals surface area contributed by atoms with Crippen molar-refractivity contribution in [3.05, 3.63) is 87.2 Å². The van der Waals surface area contributed by atoms with Crippen LogP contribution in [0.5, 0.6) is 0 Å². The Hall–Kier alpha value is -4.18. The Kier molecular flexibility index (Phi) is 5.05. The molecule has 1 N–H and O–H groups in total. The predicted octanol–water partition coefficient (Wildman–Crippen LogP) is 4.93. The minimum Gasteiger partial charge on any atom is -0.478 e. The van der Waals surface area contributed by atoms with E-state index in [2.05, 4.69) is 6.07 Å². The van der Waals surface area contributed by atoms with Gasteiger partial charge in [0.05, 0.1) is 22.1 Å². The number of carbonyl (C=O) groups is 1. The van der Waals surface area contributed by atoms with Crippen molar-refractivity contribution in [2.75, 3.05) is 0 Å². The van der Waals surface area contributed by atoms with E-state index in [9.17, 15) is 20.2 Å². The largest absolute Gasteiger partial charge is 0.478 e. The number of hydrogen-bond acceptors (Lipinski definition) is 5. The molecule has 3 rings (SSSR count). The Bertz CT molecular complexity index is 1130. The van der Waals surface area contributed by atoms with E-state index in [0.29, 0.717) is 22.7 Å². The van der Waals surface area contributed by atoms with Crippen molar-refractivity contribution in [2.45, 2.75) is 6.92 Å².